The van der Waals surface area contributed by atoms with E-state index in [0.717, 1.165) is 25.7 Å². The van der Waals surface area contributed by atoms with E-state index in [-0.39, 0.29) is 11.8 Å². The molecule has 1 atom stereocenters. The normalized spacial score (nSPS) is 16.8. The van der Waals surface area contributed by atoms with Gasteiger partial charge in [-0.1, -0.05) is 30.9 Å². The zero-order valence-corrected chi connectivity index (χ0v) is 12.8. The Bertz CT molecular complexity index is 548. The highest BCUT2D eigenvalue weighted by molar-refractivity contribution is 6.31. The minimum atomic E-state index is -0.457. The van der Waals surface area contributed by atoms with E-state index in [9.17, 15) is 10.1 Å². The van der Waals surface area contributed by atoms with Gasteiger partial charge in [0.15, 0.2) is 0 Å². The van der Waals surface area contributed by atoms with Gasteiger partial charge in [0.25, 0.3) is 5.91 Å². The SMILES string of the molecule is COc1ccc(Cl)cc1C(=O)NC(C#N)C1CCCCC1. The number of hydrogen-bond donors (Lipinski definition) is 1. The van der Waals surface area contributed by atoms with Crippen molar-refractivity contribution < 1.29 is 9.53 Å². The summed E-state index contributed by atoms with van der Waals surface area (Å²) in [7, 11) is 1.50. The number of rotatable bonds is 4. The molecule has 1 aliphatic carbocycles. The fraction of sp³-hybridized carbons (Fsp3) is 0.500. The molecule has 1 N–H and O–H groups in total. The lowest BCUT2D eigenvalue weighted by Crippen LogP contribution is -2.40. The van der Waals surface area contributed by atoms with Gasteiger partial charge in [-0.2, -0.15) is 5.26 Å². The van der Waals surface area contributed by atoms with Gasteiger partial charge < -0.3 is 10.1 Å². The van der Waals surface area contributed by atoms with Gasteiger partial charge in [0.1, 0.15) is 11.8 Å². The van der Waals surface area contributed by atoms with Gasteiger partial charge in [0.2, 0.25) is 0 Å². The average molecular weight is 307 g/mol. The number of halogens is 1. The van der Waals surface area contributed by atoms with Crippen LogP contribution in [0.2, 0.25) is 5.02 Å². The second-order valence-corrected chi connectivity index (χ2v) is 5.76. The number of carbonyl (C=O) groups excluding carboxylic acids is 1. The summed E-state index contributed by atoms with van der Waals surface area (Å²) in [6, 6.07) is 6.64. The number of amides is 1. The Balaban J connectivity index is 2.12. The topological polar surface area (TPSA) is 62.1 Å². The average Bonchev–Trinajstić information content (AvgIpc) is 2.53. The maximum atomic E-state index is 12.4. The van der Waals surface area contributed by atoms with Crippen LogP contribution in [0.15, 0.2) is 18.2 Å². The molecule has 21 heavy (non-hydrogen) atoms. The highest BCUT2D eigenvalue weighted by Crippen LogP contribution is 2.27. The molecule has 1 unspecified atom stereocenters. The molecule has 1 aliphatic rings. The standard InChI is InChI=1S/C16H19ClN2O2/c1-21-15-8-7-12(17)9-13(15)16(20)19-14(10-18)11-5-3-2-4-6-11/h7-9,11,14H,2-6H2,1H3,(H,19,20). The number of benzene rings is 1. The second-order valence-electron chi connectivity index (χ2n) is 5.32. The lowest BCUT2D eigenvalue weighted by molar-refractivity contribution is 0.0926. The zero-order valence-electron chi connectivity index (χ0n) is 12.1. The van der Waals surface area contributed by atoms with E-state index in [4.69, 9.17) is 16.3 Å². The predicted octanol–water partition coefficient (Wildman–Crippen LogP) is 3.55. The molecule has 1 aromatic carbocycles. The molecule has 2 rings (SSSR count). The van der Waals surface area contributed by atoms with Crippen LogP contribution in [-0.4, -0.2) is 19.1 Å². The van der Waals surface area contributed by atoms with Crippen LogP contribution in [0.25, 0.3) is 0 Å². The van der Waals surface area contributed by atoms with Crippen LogP contribution in [0.4, 0.5) is 0 Å². The third-order valence-electron chi connectivity index (χ3n) is 3.95. The maximum absolute atomic E-state index is 12.4. The van der Waals surface area contributed by atoms with Crippen LogP contribution in [0.1, 0.15) is 42.5 Å². The summed E-state index contributed by atoms with van der Waals surface area (Å²) >= 11 is 5.94. The van der Waals surface area contributed by atoms with Crippen LogP contribution in [0.5, 0.6) is 5.75 Å². The molecule has 1 amide bonds. The first-order valence-electron chi connectivity index (χ1n) is 7.19. The minimum Gasteiger partial charge on any atom is -0.496 e. The van der Waals surface area contributed by atoms with Crippen molar-refractivity contribution in [3.05, 3.63) is 28.8 Å². The van der Waals surface area contributed by atoms with E-state index in [1.165, 1.54) is 13.5 Å². The number of nitrogens with one attached hydrogen (secondary N) is 1. The predicted molar refractivity (Wildman–Crippen MR) is 81.4 cm³/mol. The molecule has 0 heterocycles. The molecule has 0 saturated heterocycles. The first-order valence-corrected chi connectivity index (χ1v) is 7.57. The molecule has 112 valence electrons. The van der Waals surface area contributed by atoms with Crippen LogP contribution in [-0.2, 0) is 0 Å². The van der Waals surface area contributed by atoms with E-state index < -0.39 is 6.04 Å². The van der Waals surface area contributed by atoms with E-state index in [0.29, 0.717) is 16.3 Å². The van der Waals surface area contributed by atoms with Gasteiger partial charge in [-0.15, -0.1) is 0 Å². The Kier molecular flexibility index (Phi) is 5.46. The molecule has 0 radical (unpaired) electrons. The van der Waals surface area contributed by atoms with Crippen LogP contribution >= 0.6 is 11.6 Å². The molecular weight excluding hydrogens is 288 g/mol. The summed E-state index contributed by atoms with van der Waals surface area (Å²) in [5.74, 6) is 0.376. The number of ether oxygens (including phenoxy) is 1. The molecule has 0 bridgehead atoms. The minimum absolute atomic E-state index is 0.234. The van der Waals surface area contributed by atoms with E-state index >= 15 is 0 Å². The third kappa shape index (κ3) is 3.89. The number of carbonyl (C=O) groups is 1. The highest BCUT2D eigenvalue weighted by atomic mass is 35.5. The van der Waals surface area contributed by atoms with Gasteiger partial charge in [-0.25, -0.2) is 0 Å². The summed E-state index contributed by atoms with van der Waals surface area (Å²) in [6.45, 7) is 0. The Labute approximate surface area is 130 Å². The first-order chi connectivity index (χ1) is 10.2. The Morgan fingerprint density at radius 3 is 2.76 bits per heavy atom. The lowest BCUT2D eigenvalue weighted by Gasteiger charge is -2.26. The highest BCUT2D eigenvalue weighted by Gasteiger charge is 2.26. The van der Waals surface area contributed by atoms with Crippen molar-refractivity contribution in [2.75, 3.05) is 7.11 Å². The van der Waals surface area contributed by atoms with Gasteiger partial charge >= 0.3 is 0 Å². The van der Waals surface area contributed by atoms with Crippen molar-refractivity contribution in [3.63, 3.8) is 0 Å². The first kappa shape index (κ1) is 15.7. The molecule has 1 saturated carbocycles. The van der Waals surface area contributed by atoms with Crippen LogP contribution < -0.4 is 10.1 Å². The number of nitriles is 1. The van der Waals surface area contributed by atoms with Crippen molar-refractivity contribution in [1.29, 1.82) is 5.26 Å². The van der Waals surface area contributed by atoms with Crippen molar-refractivity contribution in [2.45, 2.75) is 38.1 Å². The monoisotopic (exact) mass is 306 g/mol. The van der Waals surface area contributed by atoms with Crippen LogP contribution in [0.3, 0.4) is 0 Å². The number of nitrogens with zero attached hydrogens (tertiary/aromatic N) is 1. The lowest BCUT2D eigenvalue weighted by atomic mass is 9.84. The van der Waals surface area contributed by atoms with E-state index in [1.54, 1.807) is 18.2 Å². The largest absolute Gasteiger partial charge is 0.496 e. The molecule has 0 spiro atoms. The molecule has 4 nitrogen and oxygen atoms in total. The summed E-state index contributed by atoms with van der Waals surface area (Å²) in [5.41, 5.74) is 0.362. The molecular formula is C16H19ClN2O2. The fourth-order valence-electron chi connectivity index (χ4n) is 2.80. The van der Waals surface area contributed by atoms with Crippen molar-refractivity contribution >= 4 is 17.5 Å². The molecule has 5 heteroatoms. The van der Waals surface area contributed by atoms with Gasteiger partial charge in [-0.05, 0) is 37.0 Å². The summed E-state index contributed by atoms with van der Waals surface area (Å²) in [6.07, 6.45) is 5.44. The third-order valence-corrected chi connectivity index (χ3v) is 4.19. The van der Waals surface area contributed by atoms with Gasteiger partial charge in [-0.3, -0.25) is 4.79 Å². The van der Waals surface area contributed by atoms with Crippen molar-refractivity contribution in [3.8, 4) is 11.8 Å². The maximum Gasteiger partial charge on any atom is 0.256 e. The quantitative estimate of drug-likeness (QED) is 0.925. The smallest absolute Gasteiger partial charge is 0.256 e. The van der Waals surface area contributed by atoms with E-state index in [2.05, 4.69) is 11.4 Å². The second kappa shape index (κ2) is 7.33. The van der Waals surface area contributed by atoms with Crippen molar-refractivity contribution in [1.82, 2.24) is 5.32 Å². The van der Waals surface area contributed by atoms with Crippen molar-refractivity contribution in [2.24, 2.45) is 5.92 Å². The van der Waals surface area contributed by atoms with Gasteiger partial charge in [0, 0.05) is 5.02 Å². The van der Waals surface area contributed by atoms with Crippen LogP contribution in [0, 0.1) is 17.2 Å². The van der Waals surface area contributed by atoms with Gasteiger partial charge in [0.05, 0.1) is 18.7 Å². The Hall–Kier alpha value is -1.73. The summed E-state index contributed by atoms with van der Waals surface area (Å²) < 4.78 is 5.18. The molecule has 0 aliphatic heterocycles. The summed E-state index contributed by atoms with van der Waals surface area (Å²) in [5, 5.41) is 12.6. The Morgan fingerprint density at radius 2 is 2.14 bits per heavy atom. The summed E-state index contributed by atoms with van der Waals surface area (Å²) in [4.78, 5) is 12.4. The fourth-order valence-corrected chi connectivity index (χ4v) is 2.97. The number of hydrogen-bond acceptors (Lipinski definition) is 3. The Morgan fingerprint density at radius 1 is 1.43 bits per heavy atom. The molecule has 1 aromatic rings. The molecule has 0 aromatic heterocycles. The van der Waals surface area contributed by atoms with E-state index in [1.807, 2.05) is 0 Å². The molecule has 1 fully saturated rings. The zero-order chi connectivity index (χ0) is 15.2. The number of methoxy groups -OCH3 is 1.